The molecule has 3 saturated carbocycles. The summed E-state index contributed by atoms with van der Waals surface area (Å²) < 4.78 is 5.89. The number of aromatic nitrogens is 1. The zero-order valence-electron chi connectivity index (χ0n) is 15.0. The molecule has 4 heteroatoms. The predicted molar refractivity (Wildman–Crippen MR) is 99.0 cm³/mol. The Labute approximate surface area is 148 Å². The van der Waals surface area contributed by atoms with Gasteiger partial charge >= 0.3 is 0 Å². The van der Waals surface area contributed by atoms with E-state index >= 15 is 0 Å². The molecule has 2 aromatic heterocycles. The minimum atomic E-state index is 0.226. The van der Waals surface area contributed by atoms with Crippen LogP contribution in [-0.2, 0) is 6.54 Å². The third kappa shape index (κ3) is 3.31. The van der Waals surface area contributed by atoms with Gasteiger partial charge in [0.2, 0.25) is 5.89 Å². The van der Waals surface area contributed by atoms with E-state index in [2.05, 4.69) is 30.6 Å². The lowest BCUT2D eigenvalue weighted by Crippen LogP contribution is -2.48. The van der Waals surface area contributed by atoms with Crippen LogP contribution >= 0.6 is 11.3 Å². The normalized spacial score (nSPS) is 32.9. The van der Waals surface area contributed by atoms with Crippen LogP contribution in [0.5, 0.6) is 0 Å². The minimum Gasteiger partial charge on any atom is -0.440 e. The lowest BCUT2D eigenvalue weighted by atomic mass is 9.62. The Morgan fingerprint density at radius 1 is 1.29 bits per heavy atom. The van der Waals surface area contributed by atoms with Crippen LogP contribution in [0.25, 0.3) is 10.8 Å². The number of oxazole rings is 1. The summed E-state index contributed by atoms with van der Waals surface area (Å²) >= 11 is 1.68. The van der Waals surface area contributed by atoms with Gasteiger partial charge in [-0.3, -0.25) is 0 Å². The average Bonchev–Trinajstić information content (AvgIpc) is 3.10. The highest BCUT2D eigenvalue weighted by Gasteiger charge is 2.40. The van der Waals surface area contributed by atoms with Gasteiger partial charge in [0.05, 0.1) is 10.6 Å². The molecule has 0 saturated heterocycles. The Kier molecular flexibility index (Phi) is 4.29. The minimum absolute atomic E-state index is 0.226. The molecule has 0 amide bonds. The molecule has 3 nitrogen and oxygen atoms in total. The number of rotatable bonds is 4. The van der Waals surface area contributed by atoms with E-state index < -0.39 is 0 Å². The molecule has 3 fully saturated rings. The van der Waals surface area contributed by atoms with Crippen molar-refractivity contribution < 1.29 is 4.42 Å². The van der Waals surface area contributed by atoms with Crippen LogP contribution in [0.15, 0.2) is 21.9 Å². The second-order valence-electron chi connectivity index (χ2n) is 8.37. The maximum Gasteiger partial charge on any atom is 0.236 e. The third-order valence-corrected chi connectivity index (χ3v) is 6.77. The summed E-state index contributed by atoms with van der Waals surface area (Å²) in [5.41, 5.74) is 1.28. The molecule has 2 bridgehead atoms. The Bertz CT molecular complexity index is 683. The smallest absolute Gasteiger partial charge is 0.236 e. The number of thiophene rings is 1. The van der Waals surface area contributed by atoms with Crippen LogP contribution in [-0.4, -0.2) is 10.5 Å². The van der Waals surface area contributed by atoms with Gasteiger partial charge in [-0.1, -0.05) is 13.0 Å². The maximum atomic E-state index is 5.89. The van der Waals surface area contributed by atoms with Crippen LogP contribution in [0, 0.1) is 24.7 Å². The van der Waals surface area contributed by atoms with Crippen molar-refractivity contribution in [3.8, 4) is 10.8 Å². The molecule has 130 valence electrons. The van der Waals surface area contributed by atoms with Crippen LogP contribution < -0.4 is 5.32 Å². The van der Waals surface area contributed by atoms with Crippen molar-refractivity contribution in [2.75, 3.05) is 0 Å². The van der Waals surface area contributed by atoms with Crippen molar-refractivity contribution in [2.24, 2.45) is 17.8 Å². The quantitative estimate of drug-likeness (QED) is 0.806. The van der Waals surface area contributed by atoms with Gasteiger partial charge in [0, 0.05) is 12.1 Å². The van der Waals surface area contributed by atoms with E-state index in [0.717, 1.165) is 46.5 Å². The molecule has 0 radical (unpaired) electrons. The summed E-state index contributed by atoms with van der Waals surface area (Å²) in [6, 6.07) is 4.11. The van der Waals surface area contributed by atoms with Crippen LogP contribution in [0.2, 0.25) is 0 Å². The van der Waals surface area contributed by atoms with Crippen molar-refractivity contribution in [3.63, 3.8) is 0 Å². The number of nitrogens with zero attached hydrogens (tertiary/aromatic N) is 1. The van der Waals surface area contributed by atoms with Crippen molar-refractivity contribution in [2.45, 2.75) is 65.0 Å². The molecule has 3 aliphatic rings. The molecule has 3 aliphatic carbocycles. The van der Waals surface area contributed by atoms with E-state index in [1.54, 1.807) is 11.3 Å². The largest absolute Gasteiger partial charge is 0.440 e. The molecule has 0 aliphatic heterocycles. The molecule has 2 atom stereocenters. The van der Waals surface area contributed by atoms with E-state index in [1.807, 2.05) is 13.0 Å². The fraction of sp³-hybridized carbons (Fsp3) is 0.650. The molecule has 2 heterocycles. The molecule has 24 heavy (non-hydrogen) atoms. The fourth-order valence-corrected chi connectivity index (χ4v) is 5.56. The number of hydrogen-bond acceptors (Lipinski definition) is 4. The number of nitrogens with one attached hydrogen (secondary N) is 1. The van der Waals surface area contributed by atoms with Gasteiger partial charge in [-0.25, -0.2) is 4.98 Å². The third-order valence-electron chi connectivity index (χ3n) is 5.91. The van der Waals surface area contributed by atoms with E-state index in [-0.39, 0.29) is 5.54 Å². The molecular weight excluding hydrogens is 316 g/mol. The molecular formula is C20H28N2OS. The Balaban J connectivity index is 1.45. The second kappa shape index (κ2) is 6.30. The number of hydrogen-bond donors (Lipinski definition) is 1. The highest BCUT2D eigenvalue weighted by Crippen LogP contribution is 2.47. The molecule has 2 aromatic rings. The van der Waals surface area contributed by atoms with E-state index in [9.17, 15) is 0 Å². The SMILES string of the molecule is Cc1oc(-c2cccs2)nc1CNC1(C)CC(C)CC2CC(C2)C1. The second-order valence-corrected chi connectivity index (χ2v) is 9.31. The first kappa shape index (κ1) is 16.3. The molecule has 5 rings (SSSR count). The van der Waals surface area contributed by atoms with Crippen molar-refractivity contribution in [1.29, 1.82) is 0 Å². The zero-order valence-corrected chi connectivity index (χ0v) is 15.8. The first-order chi connectivity index (χ1) is 11.5. The summed E-state index contributed by atoms with van der Waals surface area (Å²) in [5.74, 6) is 4.46. The zero-order chi connectivity index (χ0) is 16.7. The lowest BCUT2D eigenvalue weighted by molar-refractivity contribution is 0.0700. The van der Waals surface area contributed by atoms with Gasteiger partial charge in [-0.2, -0.15) is 0 Å². The van der Waals surface area contributed by atoms with E-state index in [4.69, 9.17) is 9.40 Å². The van der Waals surface area contributed by atoms with Gasteiger partial charge in [0.15, 0.2) is 0 Å². The topological polar surface area (TPSA) is 38.1 Å². The van der Waals surface area contributed by atoms with Gasteiger partial charge in [0.1, 0.15) is 5.76 Å². The Morgan fingerprint density at radius 3 is 2.88 bits per heavy atom. The van der Waals surface area contributed by atoms with Gasteiger partial charge in [0.25, 0.3) is 0 Å². The van der Waals surface area contributed by atoms with Crippen molar-refractivity contribution >= 4 is 11.3 Å². The molecule has 0 spiro atoms. The fourth-order valence-electron chi connectivity index (χ4n) is 4.91. The van der Waals surface area contributed by atoms with Crippen molar-refractivity contribution in [1.82, 2.24) is 10.3 Å². The van der Waals surface area contributed by atoms with Gasteiger partial charge in [-0.15, -0.1) is 11.3 Å². The summed E-state index contributed by atoms with van der Waals surface area (Å²) in [5, 5.41) is 5.91. The molecule has 1 N–H and O–H groups in total. The van der Waals surface area contributed by atoms with Crippen LogP contribution in [0.1, 0.15) is 57.4 Å². The van der Waals surface area contributed by atoms with Crippen LogP contribution in [0.3, 0.4) is 0 Å². The predicted octanol–water partition coefficient (Wildman–Crippen LogP) is 5.41. The average molecular weight is 345 g/mol. The summed E-state index contributed by atoms with van der Waals surface area (Å²) in [7, 11) is 0. The van der Waals surface area contributed by atoms with E-state index in [1.165, 1.54) is 32.1 Å². The lowest BCUT2D eigenvalue weighted by Gasteiger charge is -2.47. The molecule has 2 unspecified atom stereocenters. The summed E-state index contributed by atoms with van der Waals surface area (Å²) in [6.45, 7) is 7.67. The first-order valence-electron chi connectivity index (χ1n) is 9.26. The maximum absolute atomic E-state index is 5.89. The van der Waals surface area contributed by atoms with Gasteiger partial charge < -0.3 is 9.73 Å². The standard InChI is InChI=1S/C20H28N2OS/c1-13-7-15-8-16(9-15)11-20(3,10-13)21-12-17-14(2)23-19(22-17)18-5-4-6-24-18/h4-6,13,15-16,21H,7-12H2,1-3H3. The van der Waals surface area contributed by atoms with Crippen molar-refractivity contribution in [3.05, 3.63) is 29.0 Å². The Hall–Kier alpha value is -1.13. The number of aryl methyl sites for hydroxylation is 1. The van der Waals surface area contributed by atoms with Gasteiger partial charge in [-0.05, 0) is 75.2 Å². The highest BCUT2D eigenvalue weighted by molar-refractivity contribution is 7.13. The van der Waals surface area contributed by atoms with Crippen LogP contribution in [0.4, 0.5) is 0 Å². The number of fused-ring (bicyclic) bond motifs is 4. The Morgan fingerprint density at radius 2 is 2.12 bits per heavy atom. The molecule has 0 aromatic carbocycles. The summed E-state index contributed by atoms with van der Waals surface area (Å²) in [6.07, 6.45) is 6.90. The highest BCUT2D eigenvalue weighted by atomic mass is 32.1. The monoisotopic (exact) mass is 344 g/mol. The first-order valence-corrected chi connectivity index (χ1v) is 10.1. The summed E-state index contributed by atoms with van der Waals surface area (Å²) in [4.78, 5) is 5.85. The van der Waals surface area contributed by atoms with E-state index in [0.29, 0.717) is 0 Å².